The van der Waals surface area contributed by atoms with Crippen LogP contribution in [0.3, 0.4) is 0 Å². The summed E-state index contributed by atoms with van der Waals surface area (Å²) >= 11 is 0. The molecule has 0 spiro atoms. The van der Waals surface area contributed by atoms with Crippen LogP contribution in [0.25, 0.3) is 22.3 Å². The number of nitrogens with two attached hydrogens (primary N) is 1. The Hall–Kier alpha value is -2.75. The van der Waals surface area contributed by atoms with Crippen molar-refractivity contribution in [3.05, 3.63) is 60.3 Å². The number of hydrogen-bond acceptors (Lipinski definition) is 3. The van der Waals surface area contributed by atoms with Gasteiger partial charge in [0, 0.05) is 11.6 Å². The van der Waals surface area contributed by atoms with Gasteiger partial charge in [0.1, 0.15) is 5.69 Å². The molecule has 0 unspecified atom stereocenters. The van der Waals surface area contributed by atoms with Crippen molar-refractivity contribution in [2.45, 2.75) is 0 Å². The molecule has 4 heteroatoms. The maximum atomic E-state index is 11.4. The van der Waals surface area contributed by atoms with Crippen LogP contribution in [0.15, 0.2) is 54.7 Å². The lowest BCUT2D eigenvalue weighted by Gasteiger charge is -2.05. The largest absolute Gasteiger partial charge is 0.366 e. The van der Waals surface area contributed by atoms with Gasteiger partial charge in [-0.2, -0.15) is 0 Å². The number of benzene rings is 1. The molecule has 2 N–H and O–H groups in total. The number of fused-ring (bicyclic) bond motifs is 1. The molecule has 0 saturated heterocycles. The van der Waals surface area contributed by atoms with Gasteiger partial charge in [0.15, 0.2) is 0 Å². The third kappa shape index (κ3) is 2.04. The molecular formula is C15H11N3O. The molecule has 0 saturated carbocycles. The summed E-state index contributed by atoms with van der Waals surface area (Å²) in [5, 5.41) is 1.04. The van der Waals surface area contributed by atoms with Gasteiger partial charge in [0.2, 0.25) is 0 Å². The van der Waals surface area contributed by atoms with Crippen molar-refractivity contribution >= 4 is 16.8 Å². The minimum atomic E-state index is -0.502. The third-order valence-corrected chi connectivity index (χ3v) is 2.91. The van der Waals surface area contributed by atoms with Gasteiger partial charge in [-0.05, 0) is 24.3 Å². The van der Waals surface area contributed by atoms with Crippen LogP contribution in [0, 0.1) is 0 Å². The van der Waals surface area contributed by atoms with Crippen molar-refractivity contribution in [2.24, 2.45) is 5.73 Å². The zero-order valence-corrected chi connectivity index (χ0v) is 10.1. The quantitative estimate of drug-likeness (QED) is 0.758. The molecule has 0 fully saturated rings. The maximum Gasteiger partial charge on any atom is 0.250 e. The number of pyridine rings is 2. The van der Waals surface area contributed by atoms with Crippen molar-refractivity contribution < 1.29 is 4.79 Å². The number of nitrogens with zero attached hydrogens (tertiary/aromatic N) is 2. The van der Waals surface area contributed by atoms with Crippen LogP contribution in [0.5, 0.6) is 0 Å². The van der Waals surface area contributed by atoms with Gasteiger partial charge in [0.05, 0.1) is 16.8 Å². The van der Waals surface area contributed by atoms with Crippen LogP contribution >= 0.6 is 0 Å². The highest BCUT2D eigenvalue weighted by Crippen LogP contribution is 2.21. The molecule has 0 atom stereocenters. The second-order valence-electron chi connectivity index (χ2n) is 4.15. The third-order valence-electron chi connectivity index (χ3n) is 2.91. The Kier molecular flexibility index (Phi) is 2.68. The van der Waals surface area contributed by atoms with Gasteiger partial charge in [-0.1, -0.05) is 24.3 Å². The van der Waals surface area contributed by atoms with E-state index in [4.69, 9.17) is 5.73 Å². The first-order valence-electron chi connectivity index (χ1n) is 5.87. The number of para-hydroxylation sites is 1. The zero-order valence-electron chi connectivity index (χ0n) is 10.1. The van der Waals surface area contributed by atoms with Gasteiger partial charge in [-0.15, -0.1) is 0 Å². The number of carbonyl (C=O) groups excluding carboxylic acids is 1. The van der Waals surface area contributed by atoms with E-state index in [2.05, 4.69) is 9.97 Å². The Labute approximate surface area is 109 Å². The van der Waals surface area contributed by atoms with Crippen LogP contribution in [0.4, 0.5) is 0 Å². The number of amides is 1. The summed E-state index contributed by atoms with van der Waals surface area (Å²) in [5.41, 5.74) is 7.76. The molecule has 0 bridgehead atoms. The normalized spacial score (nSPS) is 10.5. The van der Waals surface area contributed by atoms with Crippen LogP contribution in [0.2, 0.25) is 0 Å². The molecule has 92 valence electrons. The van der Waals surface area contributed by atoms with Crippen LogP contribution in [-0.4, -0.2) is 15.9 Å². The van der Waals surface area contributed by atoms with Crippen LogP contribution < -0.4 is 5.73 Å². The average Bonchev–Trinajstić information content (AvgIpc) is 2.46. The highest BCUT2D eigenvalue weighted by Gasteiger charge is 2.12. The fourth-order valence-electron chi connectivity index (χ4n) is 2.01. The summed E-state index contributed by atoms with van der Waals surface area (Å²) in [4.78, 5) is 20.1. The summed E-state index contributed by atoms with van der Waals surface area (Å²) in [6, 6.07) is 14.9. The SMILES string of the molecule is NC(=O)c1cccnc1-c1ccc2ccccc2n1. The summed E-state index contributed by atoms with van der Waals surface area (Å²) in [7, 11) is 0. The van der Waals surface area contributed by atoms with E-state index in [9.17, 15) is 4.79 Å². The van der Waals surface area contributed by atoms with Crippen LogP contribution in [0.1, 0.15) is 10.4 Å². The van der Waals surface area contributed by atoms with Gasteiger partial charge >= 0.3 is 0 Å². The van der Waals surface area contributed by atoms with E-state index in [0.29, 0.717) is 17.0 Å². The predicted octanol–water partition coefficient (Wildman–Crippen LogP) is 2.40. The van der Waals surface area contributed by atoms with E-state index in [1.165, 1.54) is 0 Å². The Morgan fingerprint density at radius 2 is 1.84 bits per heavy atom. The Morgan fingerprint density at radius 3 is 2.68 bits per heavy atom. The summed E-state index contributed by atoms with van der Waals surface area (Å²) in [6.07, 6.45) is 1.62. The zero-order chi connectivity index (χ0) is 13.2. The van der Waals surface area contributed by atoms with Crippen molar-refractivity contribution in [3.8, 4) is 11.4 Å². The molecule has 0 aliphatic carbocycles. The van der Waals surface area contributed by atoms with Crippen molar-refractivity contribution in [3.63, 3.8) is 0 Å². The molecule has 0 aliphatic heterocycles. The molecule has 4 nitrogen and oxygen atoms in total. The lowest BCUT2D eigenvalue weighted by atomic mass is 10.1. The first-order valence-corrected chi connectivity index (χ1v) is 5.87. The maximum absolute atomic E-state index is 11.4. The summed E-state index contributed by atoms with van der Waals surface area (Å²) in [5.74, 6) is -0.502. The molecule has 2 aromatic heterocycles. The fourth-order valence-corrected chi connectivity index (χ4v) is 2.01. The standard InChI is InChI=1S/C15H11N3O/c16-15(19)11-5-3-9-17-14(11)13-8-7-10-4-1-2-6-12(10)18-13/h1-9H,(H2,16,19). The van der Waals surface area contributed by atoms with Crippen LogP contribution in [-0.2, 0) is 0 Å². The molecular weight excluding hydrogens is 238 g/mol. The minimum absolute atomic E-state index is 0.380. The fraction of sp³-hybridized carbons (Fsp3) is 0. The number of rotatable bonds is 2. The predicted molar refractivity (Wildman–Crippen MR) is 73.5 cm³/mol. The van der Waals surface area contributed by atoms with E-state index in [-0.39, 0.29) is 0 Å². The van der Waals surface area contributed by atoms with Crippen molar-refractivity contribution in [1.29, 1.82) is 0 Å². The first-order chi connectivity index (χ1) is 9.25. The molecule has 19 heavy (non-hydrogen) atoms. The summed E-state index contributed by atoms with van der Waals surface area (Å²) in [6.45, 7) is 0. The molecule has 0 aliphatic rings. The first kappa shape index (κ1) is 11.3. The number of primary amides is 1. The minimum Gasteiger partial charge on any atom is -0.366 e. The Bertz CT molecular complexity index is 768. The van der Waals surface area contributed by atoms with Gasteiger partial charge < -0.3 is 5.73 Å². The highest BCUT2D eigenvalue weighted by molar-refractivity contribution is 5.98. The van der Waals surface area contributed by atoms with E-state index < -0.39 is 5.91 Å². The number of carbonyl (C=O) groups is 1. The highest BCUT2D eigenvalue weighted by atomic mass is 16.1. The Morgan fingerprint density at radius 1 is 1.00 bits per heavy atom. The Balaban J connectivity index is 2.22. The van der Waals surface area contributed by atoms with Gasteiger partial charge in [0.25, 0.3) is 5.91 Å². The topological polar surface area (TPSA) is 68.9 Å². The molecule has 1 amide bonds. The lowest BCUT2D eigenvalue weighted by molar-refractivity contribution is 0.100. The lowest BCUT2D eigenvalue weighted by Crippen LogP contribution is -2.13. The van der Waals surface area contributed by atoms with Crippen molar-refractivity contribution in [2.75, 3.05) is 0 Å². The van der Waals surface area contributed by atoms with Gasteiger partial charge in [-0.25, -0.2) is 4.98 Å². The molecule has 0 radical (unpaired) electrons. The smallest absolute Gasteiger partial charge is 0.250 e. The molecule has 2 heterocycles. The van der Waals surface area contributed by atoms with E-state index >= 15 is 0 Å². The number of aromatic nitrogens is 2. The average molecular weight is 249 g/mol. The van der Waals surface area contributed by atoms with Gasteiger partial charge in [-0.3, -0.25) is 9.78 Å². The monoisotopic (exact) mass is 249 g/mol. The number of hydrogen-bond donors (Lipinski definition) is 1. The second-order valence-corrected chi connectivity index (χ2v) is 4.15. The van der Waals surface area contributed by atoms with E-state index in [1.807, 2.05) is 36.4 Å². The van der Waals surface area contributed by atoms with Crippen molar-refractivity contribution in [1.82, 2.24) is 9.97 Å². The van der Waals surface area contributed by atoms with E-state index in [0.717, 1.165) is 10.9 Å². The molecule has 3 rings (SSSR count). The molecule has 3 aromatic rings. The summed E-state index contributed by atoms with van der Waals surface area (Å²) < 4.78 is 0. The second kappa shape index (κ2) is 4.49. The van der Waals surface area contributed by atoms with E-state index in [1.54, 1.807) is 18.3 Å². The molecule has 1 aromatic carbocycles.